The summed E-state index contributed by atoms with van der Waals surface area (Å²) in [6, 6.07) is 14.0. The van der Waals surface area contributed by atoms with Crippen LogP contribution in [-0.4, -0.2) is 35.9 Å². The zero-order chi connectivity index (χ0) is 23.4. The second-order valence-electron chi connectivity index (χ2n) is 6.96. The van der Waals surface area contributed by atoms with Gasteiger partial charge in [-0.1, -0.05) is 5.92 Å². The Morgan fingerprint density at radius 1 is 0.970 bits per heavy atom. The van der Waals surface area contributed by atoms with Gasteiger partial charge in [-0.15, -0.1) is 6.42 Å². The van der Waals surface area contributed by atoms with Gasteiger partial charge in [0.1, 0.15) is 23.1 Å². The molecule has 2 aromatic carbocycles. The monoisotopic (exact) mass is 439 g/mol. The predicted octanol–water partition coefficient (Wildman–Crippen LogP) is 3.96. The zero-order valence-electron chi connectivity index (χ0n) is 18.4. The van der Waals surface area contributed by atoms with Gasteiger partial charge < -0.3 is 14.2 Å². The molecule has 4 aromatic rings. The molecule has 0 amide bonds. The molecule has 2 aromatic heterocycles. The molecule has 0 fully saturated rings. The molecule has 7 nitrogen and oxygen atoms in total. The number of nitrogens with zero attached hydrogens (tertiary/aromatic N) is 3. The first kappa shape index (κ1) is 21.7. The minimum atomic E-state index is -0.241. The maximum absolute atomic E-state index is 13.4. The van der Waals surface area contributed by atoms with E-state index < -0.39 is 0 Å². The van der Waals surface area contributed by atoms with Crippen molar-refractivity contribution in [2.24, 2.45) is 0 Å². The molecule has 33 heavy (non-hydrogen) atoms. The molecule has 0 spiro atoms. The summed E-state index contributed by atoms with van der Waals surface area (Å²) in [6.07, 6.45) is 10.6. The molecule has 0 saturated heterocycles. The number of benzene rings is 2. The van der Waals surface area contributed by atoms with Crippen molar-refractivity contribution in [2.45, 2.75) is 0 Å². The summed E-state index contributed by atoms with van der Waals surface area (Å²) < 4.78 is 17.9. The number of aromatic nitrogens is 3. The zero-order valence-corrected chi connectivity index (χ0v) is 18.4. The molecule has 0 aliphatic carbocycles. The topological polar surface area (TPSA) is 75.5 Å². The Hall–Kier alpha value is -4.57. The molecular formula is C26H21N3O4. The highest BCUT2D eigenvalue weighted by Gasteiger charge is 2.14. The summed E-state index contributed by atoms with van der Waals surface area (Å²) in [4.78, 5) is 22.3. The lowest BCUT2D eigenvalue weighted by Gasteiger charge is -2.13. The van der Waals surface area contributed by atoms with Crippen LogP contribution in [0.2, 0.25) is 0 Å². The first-order valence-electron chi connectivity index (χ1n) is 10.0. The van der Waals surface area contributed by atoms with E-state index in [1.54, 1.807) is 88.2 Å². The predicted molar refractivity (Wildman–Crippen MR) is 128 cm³/mol. The Bertz CT molecular complexity index is 1420. The van der Waals surface area contributed by atoms with Crippen LogP contribution in [0, 0.1) is 12.3 Å². The van der Waals surface area contributed by atoms with Crippen LogP contribution in [0.5, 0.6) is 17.2 Å². The van der Waals surface area contributed by atoms with Crippen LogP contribution in [0.3, 0.4) is 0 Å². The molecule has 0 atom stereocenters. The van der Waals surface area contributed by atoms with Gasteiger partial charge in [-0.25, -0.2) is 9.97 Å². The Labute approximate surface area is 190 Å². The molecule has 0 unspecified atom stereocenters. The molecule has 0 aliphatic rings. The number of methoxy groups -OCH3 is 3. The van der Waals surface area contributed by atoms with Gasteiger partial charge in [-0.3, -0.25) is 9.36 Å². The maximum atomic E-state index is 13.4. The largest absolute Gasteiger partial charge is 0.496 e. The highest BCUT2D eigenvalue weighted by Crippen LogP contribution is 2.35. The molecule has 0 aliphatic heterocycles. The summed E-state index contributed by atoms with van der Waals surface area (Å²) in [5.41, 5.74) is 2.13. The number of rotatable bonds is 6. The van der Waals surface area contributed by atoms with E-state index in [1.165, 1.54) is 4.57 Å². The van der Waals surface area contributed by atoms with Gasteiger partial charge in [-0.05, 0) is 48.6 Å². The summed E-state index contributed by atoms with van der Waals surface area (Å²) >= 11 is 0. The van der Waals surface area contributed by atoms with E-state index in [9.17, 15) is 4.79 Å². The van der Waals surface area contributed by atoms with Crippen molar-refractivity contribution in [1.82, 2.24) is 14.5 Å². The SMILES string of the molecule is C#Cc1ccc(-n2c(C=Cc3c(OC)cc(OC)cc3OC)nc3ncccc3c2=O)cc1. The average molecular weight is 439 g/mol. The minimum absolute atomic E-state index is 0.241. The van der Waals surface area contributed by atoms with Crippen LogP contribution >= 0.6 is 0 Å². The van der Waals surface area contributed by atoms with E-state index >= 15 is 0 Å². The van der Waals surface area contributed by atoms with E-state index in [4.69, 9.17) is 20.6 Å². The molecule has 0 radical (unpaired) electrons. The summed E-state index contributed by atoms with van der Waals surface area (Å²) in [6.45, 7) is 0. The number of terminal acetylenes is 1. The Balaban J connectivity index is 1.93. The molecule has 0 saturated carbocycles. The van der Waals surface area contributed by atoms with Crippen LogP contribution in [-0.2, 0) is 0 Å². The first-order chi connectivity index (χ1) is 16.1. The molecule has 0 bridgehead atoms. The lowest BCUT2D eigenvalue weighted by atomic mass is 10.1. The summed E-state index contributed by atoms with van der Waals surface area (Å²) in [5, 5.41) is 0.412. The molecule has 2 heterocycles. The van der Waals surface area contributed by atoms with Crippen molar-refractivity contribution in [1.29, 1.82) is 0 Å². The van der Waals surface area contributed by atoms with Gasteiger partial charge in [0.15, 0.2) is 5.65 Å². The van der Waals surface area contributed by atoms with Crippen LogP contribution in [0.1, 0.15) is 17.0 Å². The maximum Gasteiger partial charge on any atom is 0.267 e. The fraction of sp³-hybridized carbons (Fsp3) is 0.115. The smallest absolute Gasteiger partial charge is 0.267 e. The highest BCUT2D eigenvalue weighted by atomic mass is 16.5. The van der Waals surface area contributed by atoms with Crippen LogP contribution in [0.4, 0.5) is 0 Å². The molecule has 164 valence electrons. The number of hydrogen-bond acceptors (Lipinski definition) is 6. The third kappa shape index (κ3) is 4.14. The Morgan fingerprint density at radius 2 is 1.67 bits per heavy atom. The van der Waals surface area contributed by atoms with Crippen LogP contribution < -0.4 is 19.8 Å². The molecule has 0 N–H and O–H groups in total. The quantitative estimate of drug-likeness (QED) is 0.424. The van der Waals surface area contributed by atoms with Gasteiger partial charge >= 0.3 is 0 Å². The Kier molecular flexibility index (Phi) is 6.09. The fourth-order valence-electron chi connectivity index (χ4n) is 3.46. The molecule has 4 rings (SSSR count). The first-order valence-corrected chi connectivity index (χ1v) is 10.0. The fourth-order valence-corrected chi connectivity index (χ4v) is 3.46. The van der Waals surface area contributed by atoms with Crippen molar-refractivity contribution >= 4 is 23.2 Å². The lowest BCUT2D eigenvalue weighted by Crippen LogP contribution is -2.22. The van der Waals surface area contributed by atoms with Gasteiger partial charge in [0, 0.05) is 23.9 Å². The van der Waals surface area contributed by atoms with Crippen molar-refractivity contribution in [3.8, 4) is 35.3 Å². The normalized spacial score (nSPS) is 10.8. The van der Waals surface area contributed by atoms with Crippen molar-refractivity contribution < 1.29 is 14.2 Å². The second kappa shape index (κ2) is 9.28. The van der Waals surface area contributed by atoms with Crippen LogP contribution in [0.25, 0.3) is 28.9 Å². The van der Waals surface area contributed by atoms with Gasteiger partial charge in [0.05, 0.1) is 38.0 Å². The highest BCUT2D eigenvalue weighted by molar-refractivity contribution is 5.79. The van der Waals surface area contributed by atoms with E-state index in [1.807, 2.05) is 0 Å². The standard InChI is InChI=1S/C26H21N3O4/c1-5-17-8-10-18(11-9-17)29-24(28-25-21(26(29)30)7-6-14-27-25)13-12-20-22(32-3)15-19(31-2)16-23(20)33-4/h1,6-16H,2-4H3. The minimum Gasteiger partial charge on any atom is -0.496 e. The summed E-state index contributed by atoms with van der Waals surface area (Å²) in [5.74, 6) is 4.67. The average Bonchev–Trinajstić information content (AvgIpc) is 2.87. The van der Waals surface area contributed by atoms with Gasteiger partial charge in [-0.2, -0.15) is 0 Å². The number of hydrogen-bond donors (Lipinski definition) is 0. The number of fused-ring (bicyclic) bond motifs is 1. The van der Waals surface area contributed by atoms with Crippen molar-refractivity contribution in [3.05, 3.63) is 82.0 Å². The second-order valence-corrected chi connectivity index (χ2v) is 6.96. The van der Waals surface area contributed by atoms with E-state index in [2.05, 4.69) is 15.9 Å². The van der Waals surface area contributed by atoms with E-state index in [0.29, 0.717) is 50.9 Å². The number of pyridine rings is 1. The number of ether oxygens (including phenoxy) is 3. The van der Waals surface area contributed by atoms with Crippen molar-refractivity contribution in [3.63, 3.8) is 0 Å². The summed E-state index contributed by atoms with van der Waals surface area (Å²) in [7, 11) is 4.69. The van der Waals surface area contributed by atoms with E-state index in [0.717, 1.165) is 0 Å². The van der Waals surface area contributed by atoms with Crippen molar-refractivity contribution in [2.75, 3.05) is 21.3 Å². The lowest BCUT2D eigenvalue weighted by molar-refractivity contribution is 0.374. The molecule has 7 heteroatoms. The molecular weight excluding hydrogens is 418 g/mol. The third-order valence-electron chi connectivity index (χ3n) is 5.11. The van der Waals surface area contributed by atoms with Gasteiger partial charge in [0.25, 0.3) is 5.56 Å². The third-order valence-corrected chi connectivity index (χ3v) is 5.11. The van der Waals surface area contributed by atoms with Gasteiger partial charge in [0.2, 0.25) is 0 Å². The van der Waals surface area contributed by atoms with E-state index in [-0.39, 0.29) is 5.56 Å². The Morgan fingerprint density at radius 3 is 2.27 bits per heavy atom. The van der Waals surface area contributed by atoms with Crippen LogP contribution in [0.15, 0.2) is 59.5 Å².